The van der Waals surface area contributed by atoms with Crippen molar-refractivity contribution in [3.8, 4) is 0 Å². The predicted octanol–water partition coefficient (Wildman–Crippen LogP) is 2.78. The molecular formula is C15H15ClN2O3. The van der Waals surface area contributed by atoms with Crippen LogP contribution in [0, 0.1) is 6.92 Å². The first-order valence-corrected chi connectivity index (χ1v) is 6.69. The number of amides is 1. The highest BCUT2D eigenvalue weighted by atomic mass is 35.5. The molecule has 0 fully saturated rings. The summed E-state index contributed by atoms with van der Waals surface area (Å²) in [6, 6.07) is 8.62. The van der Waals surface area contributed by atoms with Crippen molar-refractivity contribution in [2.45, 2.75) is 6.92 Å². The van der Waals surface area contributed by atoms with E-state index in [1.807, 2.05) is 13.0 Å². The fourth-order valence-corrected chi connectivity index (χ4v) is 2.07. The lowest BCUT2D eigenvalue weighted by Crippen LogP contribution is -2.22. The molecule has 5 nitrogen and oxygen atoms in total. The number of rotatable bonds is 4. The molecule has 0 saturated heterocycles. The molecule has 1 N–H and O–H groups in total. The molecule has 1 aromatic carbocycles. The third-order valence-electron chi connectivity index (χ3n) is 2.89. The Labute approximate surface area is 127 Å². The smallest absolute Gasteiger partial charge is 0.355 e. The normalized spacial score (nSPS) is 10.2. The van der Waals surface area contributed by atoms with Crippen LogP contribution >= 0.6 is 11.6 Å². The van der Waals surface area contributed by atoms with E-state index in [4.69, 9.17) is 16.3 Å². The van der Waals surface area contributed by atoms with Crippen LogP contribution in [0.25, 0.3) is 0 Å². The van der Waals surface area contributed by atoms with Crippen LogP contribution in [-0.2, 0) is 16.6 Å². The van der Waals surface area contributed by atoms with Crippen molar-refractivity contribution in [2.24, 2.45) is 7.05 Å². The van der Waals surface area contributed by atoms with Gasteiger partial charge >= 0.3 is 5.97 Å². The molecule has 1 amide bonds. The van der Waals surface area contributed by atoms with Crippen molar-refractivity contribution >= 4 is 29.2 Å². The van der Waals surface area contributed by atoms with Crippen LogP contribution in [0.1, 0.15) is 16.1 Å². The van der Waals surface area contributed by atoms with Crippen LogP contribution in [0.5, 0.6) is 0 Å². The second kappa shape index (κ2) is 6.45. The lowest BCUT2D eigenvalue weighted by atomic mass is 10.2. The van der Waals surface area contributed by atoms with Gasteiger partial charge in [-0.15, -0.1) is 0 Å². The highest BCUT2D eigenvalue weighted by molar-refractivity contribution is 6.33. The van der Waals surface area contributed by atoms with Gasteiger partial charge in [0.05, 0.1) is 10.7 Å². The van der Waals surface area contributed by atoms with Crippen LogP contribution in [0.2, 0.25) is 5.02 Å². The zero-order chi connectivity index (χ0) is 15.4. The second-order valence-corrected chi connectivity index (χ2v) is 5.02. The van der Waals surface area contributed by atoms with Crippen molar-refractivity contribution in [3.05, 3.63) is 52.8 Å². The van der Waals surface area contributed by atoms with Gasteiger partial charge in [-0.3, -0.25) is 4.79 Å². The van der Waals surface area contributed by atoms with Gasteiger partial charge in [-0.2, -0.15) is 0 Å². The van der Waals surface area contributed by atoms with E-state index in [1.54, 1.807) is 42.1 Å². The Balaban J connectivity index is 1.90. The first-order chi connectivity index (χ1) is 9.97. The Kier molecular flexibility index (Phi) is 4.65. The summed E-state index contributed by atoms with van der Waals surface area (Å²) in [5, 5.41) is 3.04. The van der Waals surface area contributed by atoms with Gasteiger partial charge in [0, 0.05) is 13.2 Å². The lowest BCUT2D eigenvalue weighted by Gasteiger charge is -2.09. The fraction of sp³-hybridized carbons (Fsp3) is 0.200. The Morgan fingerprint density at radius 3 is 2.71 bits per heavy atom. The summed E-state index contributed by atoms with van der Waals surface area (Å²) >= 11 is 6.01. The third kappa shape index (κ3) is 3.86. The van der Waals surface area contributed by atoms with E-state index in [2.05, 4.69) is 5.32 Å². The SMILES string of the molecule is Cc1ccc(NC(=O)COC(=O)c2cccn2C)c(Cl)c1. The van der Waals surface area contributed by atoms with Gasteiger partial charge in [0.25, 0.3) is 5.91 Å². The van der Waals surface area contributed by atoms with Crippen molar-refractivity contribution in [3.63, 3.8) is 0 Å². The molecule has 0 spiro atoms. The van der Waals surface area contributed by atoms with E-state index in [9.17, 15) is 9.59 Å². The van der Waals surface area contributed by atoms with Crippen molar-refractivity contribution in [1.29, 1.82) is 0 Å². The number of nitrogens with zero attached hydrogens (tertiary/aromatic N) is 1. The standard InChI is InChI=1S/C15H15ClN2O3/c1-10-5-6-12(11(16)8-10)17-14(19)9-21-15(20)13-4-3-7-18(13)2/h3-8H,9H2,1-2H3,(H,17,19). The minimum atomic E-state index is -0.548. The number of aromatic nitrogens is 1. The quantitative estimate of drug-likeness (QED) is 0.884. The van der Waals surface area contributed by atoms with E-state index in [-0.39, 0.29) is 6.61 Å². The van der Waals surface area contributed by atoms with Crippen LogP contribution in [0.4, 0.5) is 5.69 Å². The van der Waals surface area contributed by atoms with E-state index in [1.165, 1.54) is 0 Å². The predicted molar refractivity (Wildman–Crippen MR) is 80.5 cm³/mol. The summed E-state index contributed by atoms with van der Waals surface area (Å²) in [7, 11) is 1.72. The Hall–Kier alpha value is -2.27. The zero-order valence-corrected chi connectivity index (χ0v) is 12.5. The molecular weight excluding hydrogens is 292 g/mol. The topological polar surface area (TPSA) is 60.3 Å². The highest BCUT2D eigenvalue weighted by Gasteiger charge is 2.13. The Bertz CT molecular complexity index is 679. The minimum absolute atomic E-state index is 0.367. The van der Waals surface area contributed by atoms with Crippen LogP contribution in [0.3, 0.4) is 0 Å². The molecule has 110 valence electrons. The van der Waals surface area contributed by atoms with Gasteiger partial charge in [0.2, 0.25) is 0 Å². The molecule has 0 bridgehead atoms. The number of aryl methyl sites for hydroxylation is 2. The van der Waals surface area contributed by atoms with E-state index in [0.29, 0.717) is 16.4 Å². The van der Waals surface area contributed by atoms with Gasteiger partial charge in [-0.05, 0) is 36.8 Å². The molecule has 0 atom stereocenters. The number of halogens is 1. The molecule has 2 rings (SSSR count). The number of benzene rings is 1. The van der Waals surface area contributed by atoms with Gasteiger partial charge in [0.15, 0.2) is 6.61 Å². The van der Waals surface area contributed by atoms with E-state index in [0.717, 1.165) is 5.56 Å². The largest absolute Gasteiger partial charge is 0.451 e. The number of anilines is 1. The van der Waals surface area contributed by atoms with Crippen molar-refractivity contribution < 1.29 is 14.3 Å². The highest BCUT2D eigenvalue weighted by Crippen LogP contribution is 2.22. The first kappa shape index (κ1) is 15.1. The number of hydrogen-bond donors (Lipinski definition) is 1. The first-order valence-electron chi connectivity index (χ1n) is 6.32. The van der Waals surface area contributed by atoms with Gasteiger partial charge in [-0.1, -0.05) is 17.7 Å². The van der Waals surface area contributed by atoms with E-state index < -0.39 is 11.9 Å². The second-order valence-electron chi connectivity index (χ2n) is 4.61. The number of carbonyl (C=O) groups excluding carboxylic acids is 2. The third-order valence-corrected chi connectivity index (χ3v) is 3.20. The van der Waals surface area contributed by atoms with E-state index >= 15 is 0 Å². The number of ether oxygens (including phenoxy) is 1. The molecule has 0 saturated carbocycles. The maximum absolute atomic E-state index is 11.8. The maximum atomic E-state index is 11.8. The molecule has 21 heavy (non-hydrogen) atoms. The molecule has 1 aromatic heterocycles. The van der Waals surface area contributed by atoms with Gasteiger partial charge in [-0.25, -0.2) is 4.79 Å². The maximum Gasteiger partial charge on any atom is 0.355 e. The van der Waals surface area contributed by atoms with Crippen molar-refractivity contribution in [2.75, 3.05) is 11.9 Å². The monoisotopic (exact) mass is 306 g/mol. The van der Waals surface area contributed by atoms with Crippen LogP contribution < -0.4 is 5.32 Å². The zero-order valence-electron chi connectivity index (χ0n) is 11.7. The van der Waals surface area contributed by atoms with Crippen LogP contribution in [0.15, 0.2) is 36.5 Å². The summed E-state index contributed by atoms with van der Waals surface area (Å²) in [5.74, 6) is -0.990. The fourth-order valence-electron chi connectivity index (χ4n) is 1.79. The number of nitrogens with one attached hydrogen (secondary N) is 1. The number of esters is 1. The molecule has 1 heterocycles. The molecule has 0 radical (unpaired) electrons. The minimum Gasteiger partial charge on any atom is -0.451 e. The summed E-state index contributed by atoms with van der Waals surface area (Å²) in [5.41, 5.74) is 1.87. The van der Waals surface area contributed by atoms with Crippen molar-refractivity contribution in [1.82, 2.24) is 4.57 Å². The molecule has 0 unspecified atom stereocenters. The van der Waals surface area contributed by atoms with Gasteiger partial charge in [0.1, 0.15) is 5.69 Å². The number of hydrogen-bond acceptors (Lipinski definition) is 3. The summed E-state index contributed by atoms with van der Waals surface area (Å²) in [6.45, 7) is 1.54. The Morgan fingerprint density at radius 2 is 2.10 bits per heavy atom. The molecule has 0 aliphatic carbocycles. The molecule has 2 aromatic rings. The van der Waals surface area contributed by atoms with Crippen LogP contribution in [-0.4, -0.2) is 23.1 Å². The molecule has 0 aliphatic rings. The summed E-state index contributed by atoms with van der Waals surface area (Å²) < 4.78 is 6.57. The summed E-state index contributed by atoms with van der Waals surface area (Å²) in [6.07, 6.45) is 1.72. The average Bonchev–Trinajstić information content (AvgIpc) is 2.85. The Morgan fingerprint density at radius 1 is 1.33 bits per heavy atom. The number of carbonyl (C=O) groups is 2. The lowest BCUT2D eigenvalue weighted by molar-refractivity contribution is -0.119. The molecule has 6 heteroatoms. The van der Waals surface area contributed by atoms with Gasteiger partial charge < -0.3 is 14.6 Å². The average molecular weight is 307 g/mol. The molecule has 0 aliphatic heterocycles. The summed E-state index contributed by atoms with van der Waals surface area (Å²) in [4.78, 5) is 23.5.